The summed E-state index contributed by atoms with van der Waals surface area (Å²) in [5, 5.41) is 0.703. The molecule has 1 aromatic rings. The van der Waals surface area contributed by atoms with Gasteiger partial charge in [0.25, 0.3) is 0 Å². The Morgan fingerprint density at radius 1 is 1.58 bits per heavy atom. The van der Waals surface area contributed by atoms with E-state index in [1.54, 1.807) is 12.1 Å². The molecule has 1 nitrogen and oxygen atoms in total. The van der Waals surface area contributed by atoms with Crippen molar-refractivity contribution in [1.29, 1.82) is 0 Å². The molecule has 0 aliphatic carbocycles. The Morgan fingerprint density at radius 2 is 2.25 bits per heavy atom. The minimum absolute atomic E-state index is 0.703. The summed E-state index contributed by atoms with van der Waals surface area (Å²) in [7, 11) is 0. The smallest absolute Gasteiger partial charge is 0.0413 e. The fourth-order valence-corrected chi connectivity index (χ4v) is 1.20. The van der Waals surface area contributed by atoms with Gasteiger partial charge in [-0.05, 0) is 30.2 Å². The number of rotatable bonds is 2. The molecule has 2 N–H and O–H groups in total. The highest BCUT2D eigenvalue weighted by molar-refractivity contribution is 6.30. The maximum atomic E-state index is 5.82. The molecule has 0 heterocycles. The molecule has 0 atom stereocenters. The molecule has 0 saturated carbocycles. The Morgan fingerprint density at radius 3 is 2.83 bits per heavy atom. The lowest BCUT2D eigenvalue weighted by Gasteiger charge is -2.06. The highest BCUT2D eigenvalue weighted by Crippen LogP contribution is 2.25. The van der Waals surface area contributed by atoms with Gasteiger partial charge in [0, 0.05) is 16.3 Å². The number of hydrogen-bond acceptors (Lipinski definition) is 1. The van der Waals surface area contributed by atoms with Crippen LogP contribution in [0.1, 0.15) is 18.9 Å². The minimum atomic E-state index is 0.703. The van der Waals surface area contributed by atoms with Crippen LogP contribution >= 0.6 is 11.6 Å². The van der Waals surface area contributed by atoms with E-state index in [1.807, 2.05) is 13.0 Å². The van der Waals surface area contributed by atoms with Crippen LogP contribution in [0, 0.1) is 0 Å². The topological polar surface area (TPSA) is 26.0 Å². The van der Waals surface area contributed by atoms with Gasteiger partial charge in [0.2, 0.25) is 0 Å². The normalized spacial score (nSPS) is 9.83. The van der Waals surface area contributed by atoms with Crippen LogP contribution in [-0.4, -0.2) is 0 Å². The van der Waals surface area contributed by atoms with Crippen LogP contribution in [0.15, 0.2) is 24.8 Å². The van der Waals surface area contributed by atoms with Gasteiger partial charge in [-0.2, -0.15) is 0 Å². The predicted molar refractivity (Wildman–Crippen MR) is 55.2 cm³/mol. The Labute approximate surface area is 77.8 Å². The van der Waals surface area contributed by atoms with E-state index < -0.39 is 0 Å². The van der Waals surface area contributed by atoms with E-state index in [-0.39, 0.29) is 0 Å². The molecule has 1 aromatic carbocycles. The van der Waals surface area contributed by atoms with E-state index in [0.717, 1.165) is 23.2 Å². The maximum absolute atomic E-state index is 5.82. The summed E-state index contributed by atoms with van der Waals surface area (Å²) in [4.78, 5) is 0. The van der Waals surface area contributed by atoms with E-state index >= 15 is 0 Å². The molecule has 0 aliphatic rings. The number of nitrogens with two attached hydrogens (primary N) is 1. The number of hydrogen-bond donors (Lipinski definition) is 1. The molecule has 0 spiro atoms. The minimum Gasteiger partial charge on any atom is -0.398 e. The van der Waals surface area contributed by atoms with Crippen molar-refractivity contribution in [1.82, 2.24) is 0 Å². The van der Waals surface area contributed by atoms with Gasteiger partial charge in [0.05, 0.1) is 0 Å². The first-order valence-corrected chi connectivity index (χ1v) is 4.26. The number of nitrogen functional groups attached to an aromatic ring is 1. The number of anilines is 1. The van der Waals surface area contributed by atoms with Crippen molar-refractivity contribution in [2.75, 3.05) is 5.73 Å². The molecule has 0 amide bonds. The van der Waals surface area contributed by atoms with Crippen LogP contribution in [0.4, 0.5) is 5.69 Å². The molecule has 64 valence electrons. The Bertz CT molecular complexity index is 305. The molecule has 0 saturated heterocycles. The highest BCUT2D eigenvalue weighted by Gasteiger charge is 2.01. The summed E-state index contributed by atoms with van der Waals surface area (Å²) in [6.07, 6.45) is 0.893. The van der Waals surface area contributed by atoms with Crippen molar-refractivity contribution in [2.24, 2.45) is 0 Å². The van der Waals surface area contributed by atoms with Gasteiger partial charge in [-0.3, -0.25) is 0 Å². The van der Waals surface area contributed by atoms with Gasteiger partial charge in [0.1, 0.15) is 0 Å². The van der Waals surface area contributed by atoms with Crippen LogP contribution in [0.5, 0.6) is 0 Å². The lowest BCUT2D eigenvalue weighted by Crippen LogP contribution is -1.92. The zero-order valence-corrected chi connectivity index (χ0v) is 7.86. The number of benzene rings is 1. The van der Waals surface area contributed by atoms with Crippen molar-refractivity contribution >= 4 is 22.9 Å². The Balaban J connectivity index is 3.13. The second-order valence-corrected chi connectivity index (χ2v) is 3.13. The van der Waals surface area contributed by atoms with Gasteiger partial charge < -0.3 is 5.73 Å². The summed E-state index contributed by atoms with van der Waals surface area (Å²) in [5.41, 5.74) is 8.47. The van der Waals surface area contributed by atoms with E-state index in [0.29, 0.717) is 5.02 Å². The molecule has 0 bridgehead atoms. The lowest BCUT2D eigenvalue weighted by atomic mass is 10.0. The third kappa shape index (κ3) is 1.80. The Kier molecular flexibility index (Phi) is 2.77. The first kappa shape index (κ1) is 9.14. The monoisotopic (exact) mass is 181 g/mol. The van der Waals surface area contributed by atoms with Crippen LogP contribution < -0.4 is 5.73 Å². The second-order valence-electron chi connectivity index (χ2n) is 2.69. The molecule has 0 unspecified atom stereocenters. The second kappa shape index (κ2) is 3.63. The molecule has 0 fully saturated rings. The van der Waals surface area contributed by atoms with E-state index in [4.69, 9.17) is 17.3 Å². The van der Waals surface area contributed by atoms with Gasteiger partial charge >= 0.3 is 0 Å². The van der Waals surface area contributed by atoms with Crippen LogP contribution in [0.3, 0.4) is 0 Å². The molecule has 0 aliphatic heterocycles. The SMILES string of the molecule is C=C(CC)c1cc(Cl)ccc1N. The molecule has 12 heavy (non-hydrogen) atoms. The summed E-state index contributed by atoms with van der Waals surface area (Å²) >= 11 is 5.82. The quantitative estimate of drug-likeness (QED) is 0.696. The molecule has 0 radical (unpaired) electrons. The third-order valence-electron chi connectivity index (χ3n) is 1.82. The molecule has 1 rings (SSSR count). The average molecular weight is 182 g/mol. The fraction of sp³-hybridized carbons (Fsp3) is 0.200. The summed E-state index contributed by atoms with van der Waals surface area (Å²) in [5.74, 6) is 0. The highest BCUT2D eigenvalue weighted by atomic mass is 35.5. The van der Waals surface area contributed by atoms with Gasteiger partial charge in [-0.1, -0.05) is 25.1 Å². The van der Waals surface area contributed by atoms with E-state index in [2.05, 4.69) is 6.58 Å². The van der Waals surface area contributed by atoms with Crippen LogP contribution in [0.2, 0.25) is 5.02 Å². The van der Waals surface area contributed by atoms with Crippen molar-refractivity contribution < 1.29 is 0 Å². The standard InChI is InChI=1S/C10H12ClN/c1-3-7(2)9-6-8(11)4-5-10(9)12/h4-6H,2-3,12H2,1H3. The molecular weight excluding hydrogens is 170 g/mol. The number of halogens is 1. The largest absolute Gasteiger partial charge is 0.398 e. The predicted octanol–water partition coefficient (Wildman–Crippen LogP) is 3.35. The number of allylic oxidation sites excluding steroid dienone is 1. The van der Waals surface area contributed by atoms with E-state index in [9.17, 15) is 0 Å². The van der Waals surface area contributed by atoms with Crippen molar-refractivity contribution in [2.45, 2.75) is 13.3 Å². The van der Waals surface area contributed by atoms with E-state index in [1.165, 1.54) is 0 Å². The van der Waals surface area contributed by atoms with Gasteiger partial charge in [0.15, 0.2) is 0 Å². The van der Waals surface area contributed by atoms with Gasteiger partial charge in [-0.25, -0.2) is 0 Å². The first-order valence-electron chi connectivity index (χ1n) is 3.88. The molecule has 2 heteroatoms. The zero-order chi connectivity index (χ0) is 9.14. The van der Waals surface area contributed by atoms with Crippen LogP contribution in [-0.2, 0) is 0 Å². The van der Waals surface area contributed by atoms with Crippen molar-refractivity contribution in [3.63, 3.8) is 0 Å². The first-order chi connectivity index (χ1) is 5.65. The summed E-state index contributed by atoms with van der Waals surface area (Å²) in [6.45, 7) is 5.95. The summed E-state index contributed by atoms with van der Waals surface area (Å²) in [6, 6.07) is 5.44. The maximum Gasteiger partial charge on any atom is 0.0413 e. The summed E-state index contributed by atoms with van der Waals surface area (Å²) < 4.78 is 0. The zero-order valence-electron chi connectivity index (χ0n) is 7.10. The molecular formula is C10H12ClN. The lowest BCUT2D eigenvalue weighted by molar-refractivity contribution is 1.25. The van der Waals surface area contributed by atoms with Crippen LogP contribution in [0.25, 0.3) is 5.57 Å². The third-order valence-corrected chi connectivity index (χ3v) is 2.06. The Hall–Kier alpha value is -0.950. The average Bonchev–Trinajstić information content (AvgIpc) is 2.08. The molecule has 0 aromatic heterocycles. The van der Waals surface area contributed by atoms with Crippen molar-refractivity contribution in [3.05, 3.63) is 35.4 Å². The van der Waals surface area contributed by atoms with Gasteiger partial charge in [-0.15, -0.1) is 0 Å². The fourth-order valence-electron chi connectivity index (χ4n) is 1.03. The van der Waals surface area contributed by atoms with Crippen molar-refractivity contribution in [3.8, 4) is 0 Å².